The van der Waals surface area contributed by atoms with Gasteiger partial charge in [0.15, 0.2) is 12.4 Å². The Balaban J connectivity index is 1.24. The highest BCUT2D eigenvalue weighted by Gasteiger charge is 2.39. The number of ether oxygens (including phenoxy) is 3. The largest absolute Gasteiger partial charge is 0.453 e. The molecule has 9 heteroatoms. The minimum Gasteiger partial charge on any atom is -0.453 e. The molecule has 2 aliphatic rings. The summed E-state index contributed by atoms with van der Waals surface area (Å²) in [7, 11) is 0. The highest BCUT2D eigenvalue weighted by molar-refractivity contribution is 5.82. The summed E-state index contributed by atoms with van der Waals surface area (Å²) < 4.78 is 18.3. The third kappa shape index (κ3) is 8.99. The molecule has 2 heterocycles. The summed E-state index contributed by atoms with van der Waals surface area (Å²) in [5, 5.41) is 12.4. The fourth-order valence-corrected chi connectivity index (χ4v) is 5.98. The van der Waals surface area contributed by atoms with Crippen LogP contribution in [-0.4, -0.2) is 71.7 Å². The molecule has 1 amide bonds. The number of aliphatic hydroxyl groups is 1. The van der Waals surface area contributed by atoms with Gasteiger partial charge in [0, 0.05) is 64.2 Å². The maximum absolute atomic E-state index is 12.3. The van der Waals surface area contributed by atoms with Gasteiger partial charge in [0.05, 0.1) is 18.8 Å². The predicted molar refractivity (Wildman–Crippen MR) is 171 cm³/mol. The van der Waals surface area contributed by atoms with Crippen LogP contribution in [0.25, 0.3) is 0 Å². The smallest absolute Gasteiger partial charge is 0.303 e. The van der Waals surface area contributed by atoms with Crippen LogP contribution < -0.4 is 5.32 Å². The van der Waals surface area contributed by atoms with Crippen LogP contribution in [-0.2, 0) is 43.5 Å². The molecule has 0 saturated carbocycles. The number of nitrogens with zero attached hydrogens (tertiary/aromatic N) is 2. The first-order chi connectivity index (χ1) is 21.8. The van der Waals surface area contributed by atoms with Crippen molar-refractivity contribution in [1.29, 1.82) is 0 Å². The maximum Gasteiger partial charge on any atom is 0.303 e. The van der Waals surface area contributed by atoms with E-state index in [1.54, 1.807) is 6.92 Å². The van der Waals surface area contributed by atoms with Crippen LogP contribution in [0.4, 0.5) is 0 Å². The molecule has 0 unspecified atom stereocenters. The second-order valence-electron chi connectivity index (χ2n) is 12.1. The number of esters is 1. The first-order valence-electron chi connectivity index (χ1n) is 15.8. The van der Waals surface area contributed by atoms with E-state index in [0.29, 0.717) is 6.54 Å². The Labute approximate surface area is 266 Å². The van der Waals surface area contributed by atoms with Gasteiger partial charge >= 0.3 is 5.97 Å². The second kappa shape index (κ2) is 15.6. The molecule has 3 aromatic rings. The van der Waals surface area contributed by atoms with E-state index in [1.807, 2.05) is 48.5 Å². The number of hydrogen-bond donors (Lipinski definition) is 2. The van der Waals surface area contributed by atoms with E-state index in [4.69, 9.17) is 14.2 Å². The average molecular weight is 616 g/mol. The Bertz CT molecular complexity index is 1380. The molecule has 0 radical (unpaired) electrons. The van der Waals surface area contributed by atoms with Crippen LogP contribution in [0, 0.1) is 5.92 Å². The number of rotatable bonds is 11. The number of piperazine rings is 1. The molecule has 0 aliphatic carbocycles. The third-order valence-corrected chi connectivity index (χ3v) is 8.71. The highest BCUT2D eigenvalue weighted by atomic mass is 16.7. The van der Waals surface area contributed by atoms with Crippen molar-refractivity contribution in [1.82, 2.24) is 15.1 Å². The van der Waals surface area contributed by atoms with E-state index in [2.05, 4.69) is 52.4 Å². The zero-order chi connectivity index (χ0) is 31.8. The fourth-order valence-electron chi connectivity index (χ4n) is 5.98. The third-order valence-electron chi connectivity index (χ3n) is 8.71. The first kappa shape index (κ1) is 32.8. The van der Waals surface area contributed by atoms with Crippen LogP contribution >= 0.6 is 0 Å². The molecule has 0 bridgehead atoms. The predicted octanol–water partition coefficient (Wildman–Crippen LogP) is 4.36. The molecule has 3 aromatic carbocycles. The Morgan fingerprint density at radius 1 is 0.867 bits per heavy atom. The number of amides is 1. The van der Waals surface area contributed by atoms with Crippen molar-refractivity contribution in [3.63, 3.8) is 0 Å². The van der Waals surface area contributed by atoms with Crippen LogP contribution in [0.1, 0.15) is 61.0 Å². The number of benzene rings is 3. The molecule has 0 aromatic heterocycles. The lowest BCUT2D eigenvalue weighted by molar-refractivity contribution is -0.276. The fraction of sp³-hybridized carbons (Fsp3) is 0.444. The molecular formula is C36H45N3O6. The van der Waals surface area contributed by atoms with E-state index in [0.717, 1.165) is 61.5 Å². The SMILES string of the molecule is CC(=O)O[C@@H](C)C(=O)NCc1ccc([C@H]2O[C@@H](CN3CCN(Cc4ccccc4)CC3)[C@@H](C)[C@@H](c3ccc(CO)cc3)O2)cc1. The van der Waals surface area contributed by atoms with E-state index < -0.39 is 18.4 Å². The maximum atomic E-state index is 12.3. The molecule has 5 atom stereocenters. The topological polar surface area (TPSA) is 101 Å². The van der Waals surface area contributed by atoms with Gasteiger partial charge in [0.1, 0.15) is 0 Å². The Kier molecular flexibility index (Phi) is 11.4. The van der Waals surface area contributed by atoms with E-state index in [-0.39, 0.29) is 30.6 Å². The van der Waals surface area contributed by atoms with Gasteiger partial charge in [0.2, 0.25) is 0 Å². The normalized spacial score (nSPS) is 23.3. The van der Waals surface area contributed by atoms with Crippen molar-refractivity contribution in [3.8, 4) is 0 Å². The number of carbonyl (C=O) groups is 2. The van der Waals surface area contributed by atoms with Gasteiger partial charge in [-0.2, -0.15) is 0 Å². The van der Waals surface area contributed by atoms with Crippen molar-refractivity contribution in [2.45, 2.75) is 65.1 Å². The van der Waals surface area contributed by atoms with Gasteiger partial charge in [-0.25, -0.2) is 0 Å². The summed E-state index contributed by atoms with van der Waals surface area (Å²) >= 11 is 0. The Morgan fingerprint density at radius 3 is 2.13 bits per heavy atom. The van der Waals surface area contributed by atoms with Gasteiger partial charge < -0.3 is 24.6 Å². The highest BCUT2D eigenvalue weighted by Crippen LogP contribution is 2.42. The van der Waals surface area contributed by atoms with Crippen molar-refractivity contribution < 1.29 is 28.9 Å². The molecular weight excluding hydrogens is 570 g/mol. The van der Waals surface area contributed by atoms with Crippen LogP contribution in [0.2, 0.25) is 0 Å². The molecule has 240 valence electrons. The summed E-state index contributed by atoms with van der Waals surface area (Å²) in [5.41, 5.74) is 5.08. The molecule has 2 N–H and O–H groups in total. The summed E-state index contributed by atoms with van der Waals surface area (Å²) in [6.07, 6.45) is -1.63. The number of hydrogen-bond acceptors (Lipinski definition) is 8. The van der Waals surface area contributed by atoms with Crippen LogP contribution in [0.5, 0.6) is 0 Å². The first-order valence-corrected chi connectivity index (χ1v) is 15.8. The van der Waals surface area contributed by atoms with Gasteiger partial charge in [-0.05, 0) is 29.2 Å². The van der Waals surface area contributed by atoms with Crippen molar-refractivity contribution >= 4 is 11.9 Å². The number of aliphatic hydroxyl groups excluding tert-OH is 1. The average Bonchev–Trinajstić information content (AvgIpc) is 3.06. The van der Waals surface area contributed by atoms with Gasteiger partial charge in [-0.1, -0.05) is 85.8 Å². The van der Waals surface area contributed by atoms with Gasteiger partial charge in [-0.3, -0.25) is 19.4 Å². The Hall–Kier alpha value is -3.60. The molecule has 2 aliphatic heterocycles. The summed E-state index contributed by atoms with van der Waals surface area (Å²) in [4.78, 5) is 28.4. The number of carbonyl (C=O) groups excluding carboxylic acids is 2. The van der Waals surface area contributed by atoms with Gasteiger partial charge in [-0.15, -0.1) is 0 Å². The standard InChI is InChI=1S/C36H45N3O6/c1-25-33(23-39-19-17-38(18-20-39)22-29-7-5-4-6-8-29)44-36(45-34(25)31-13-11-30(24-40)12-14-31)32-15-9-28(10-16-32)21-37-35(42)26(2)43-27(3)41/h4-16,25-26,33-34,36,40H,17-24H2,1-3H3,(H,37,42)/t25-,26+,33+,34+,36+/m1/s1. The molecule has 0 spiro atoms. The Morgan fingerprint density at radius 2 is 1.49 bits per heavy atom. The van der Waals surface area contributed by atoms with E-state index >= 15 is 0 Å². The lowest BCUT2D eigenvalue weighted by atomic mass is 9.90. The molecule has 45 heavy (non-hydrogen) atoms. The van der Waals surface area contributed by atoms with Crippen molar-refractivity contribution in [3.05, 3.63) is 107 Å². The lowest BCUT2D eigenvalue weighted by Crippen LogP contribution is -2.51. The van der Waals surface area contributed by atoms with Crippen molar-refractivity contribution in [2.24, 2.45) is 5.92 Å². The molecule has 2 saturated heterocycles. The number of nitrogens with one attached hydrogen (secondary N) is 1. The summed E-state index contributed by atoms with van der Waals surface area (Å²) in [6.45, 7) is 11.1. The van der Waals surface area contributed by atoms with Crippen LogP contribution in [0.3, 0.4) is 0 Å². The summed E-state index contributed by atoms with van der Waals surface area (Å²) in [5.74, 6) is -0.728. The quantitative estimate of drug-likeness (QED) is 0.307. The minimum atomic E-state index is -0.847. The van der Waals surface area contributed by atoms with Crippen molar-refractivity contribution in [2.75, 3.05) is 32.7 Å². The van der Waals surface area contributed by atoms with Gasteiger partial charge in [0.25, 0.3) is 5.91 Å². The molecule has 9 nitrogen and oxygen atoms in total. The molecule has 5 rings (SSSR count). The van der Waals surface area contributed by atoms with E-state index in [1.165, 1.54) is 12.5 Å². The van der Waals surface area contributed by atoms with Crippen LogP contribution in [0.15, 0.2) is 78.9 Å². The summed E-state index contributed by atoms with van der Waals surface area (Å²) in [6, 6.07) is 26.4. The molecule has 2 fully saturated rings. The zero-order valence-corrected chi connectivity index (χ0v) is 26.4. The zero-order valence-electron chi connectivity index (χ0n) is 26.4. The second-order valence-corrected chi connectivity index (χ2v) is 12.1. The lowest BCUT2D eigenvalue weighted by Gasteiger charge is -2.44. The minimum absolute atomic E-state index is 0.00142. The monoisotopic (exact) mass is 615 g/mol. The van der Waals surface area contributed by atoms with E-state index in [9.17, 15) is 14.7 Å².